The van der Waals surface area contributed by atoms with Gasteiger partial charge in [-0.1, -0.05) is 25.1 Å². The summed E-state index contributed by atoms with van der Waals surface area (Å²) >= 11 is 0. The highest BCUT2D eigenvalue weighted by molar-refractivity contribution is 5.81. The van der Waals surface area contributed by atoms with Gasteiger partial charge in [-0.2, -0.15) is 0 Å². The van der Waals surface area contributed by atoms with Crippen molar-refractivity contribution in [2.45, 2.75) is 32.4 Å². The summed E-state index contributed by atoms with van der Waals surface area (Å²) in [6, 6.07) is 14.6. The summed E-state index contributed by atoms with van der Waals surface area (Å²) in [4.78, 5) is 12.6. The van der Waals surface area contributed by atoms with Crippen molar-refractivity contribution < 1.29 is 19.0 Å². The Hall–Kier alpha value is -2.69. The van der Waals surface area contributed by atoms with Gasteiger partial charge in [0.05, 0.1) is 20.3 Å². The van der Waals surface area contributed by atoms with Crippen molar-refractivity contribution in [3.05, 3.63) is 54.1 Å². The number of amides is 1. The Morgan fingerprint density at radius 3 is 2.24 bits per heavy atom. The van der Waals surface area contributed by atoms with Gasteiger partial charge in [-0.05, 0) is 43.7 Å². The zero-order valence-electron chi connectivity index (χ0n) is 15.1. The van der Waals surface area contributed by atoms with E-state index in [1.165, 1.54) is 0 Å². The predicted molar refractivity (Wildman–Crippen MR) is 97.3 cm³/mol. The average molecular weight is 343 g/mol. The van der Waals surface area contributed by atoms with E-state index in [2.05, 4.69) is 5.32 Å². The second kappa shape index (κ2) is 8.97. The van der Waals surface area contributed by atoms with Crippen LogP contribution in [-0.4, -0.2) is 26.2 Å². The first-order valence-corrected chi connectivity index (χ1v) is 8.33. The maximum Gasteiger partial charge on any atom is 0.261 e. The van der Waals surface area contributed by atoms with Crippen molar-refractivity contribution in [1.29, 1.82) is 0 Å². The third kappa shape index (κ3) is 4.89. The number of para-hydroxylation sites is 1. The van der Waals surface area contributed by atoms with Crippen molar-refractivity contribution in [3.63, 3.8) is 0 Å². The van der Waals surface area contributed by atoms with E-state index in [9.17, 15) is 4.79 Å². The van der Waals surface area contributed by atoms with E-state index in [4.69, 9.17) is 14.2 Å². The number of hydrogen-bond acceptors (Lipinski definition) is 4. The molecule has 2 aromatic carbocycles. The highest BCUT2D eigenvalue weighted by Crippen LogP contribution is 2.25. The Kier molecular flexibility index (Phi) is 6.69. The Balaban J connectivity index is 2.03. The van der Waals surface area contributed by atoms with Gasteiger partial charge in [0.1, 0.15) is 17.2 Å². The van der Waals surface area contributed by atoms with Crippen LogP contribution in [0.15, 0.2) is 48.5 Å². The SMILES string of the molecule is CC[C@H](Oc1ccc(OC)cc1)C(=O)N[C@H](C)c1ccccc1OC. The lowest BCUT2D eigenvalue weighted by Crippen LogP contribution is -2.39. The molecule has 1 amide bonds. The second-order valence-electron chi connectivity index (χ2n) is 5.66. The Labute approximate surface area is 148 Å². The molecular formula is C20H25NO4. The van der Waals surface area contributed by atoms with E-state index < -0.39 is 6.10 Å². The van der Waals surface area contributed by atoms with Crippen LogP contribution in [0.5, 0.6) is 17.2 Å². The van der Waals surface area contributed by atoms with Crippen molar-refractivity contribution in [2.24, 2.45) is 0 Å². The molecule has 2 aromatic rings. The van der Waals surface area contributed by atoms with Crippen LogP contribution in [0.2, 0.25) is 0 Å². The van der Waals surface area contributed by atoms with Gasteiger partial charge < -0.3 is 19.5 Å². The van der Waals surface area contributed by atoms with Gasteiger partial charge in [0.15, 0.2) is 6.10 Å². The molecule has 0 saturated carbocycles. The van der Waals surface area contributed by atoms with Crippen molar-refractivity contribution in [3.8, 4) is 17.2 Å². The number of rotatable bonds is 8. The summed E-state index contributed by atoms with van der Waals surface area (Å²) in [5.74, 6) is 1.97. The van der Waals surface area contributed by atoms with Gasteiger partial charge >= 0.3 is 0 Å². The molecule has 0 aliphatic carbocycles. The van der Waals surface area contributed by atoms with Gasteiger partial charge in [0, 0.05) is 5.56 Å². The van der Waals surface area contributed by atoms with Gasteiger partial charge in [0.25, 0.3) is 5.91 Å². The second-order valence-corrected chi connectivity index (χ2v) is 5.66. The number of nitrogens with one attached hydrogen (secondary N) is 1. The number of carbonyl (C=O) groups is 1. The van der Waals surface area contributed by atoms with Crippen LogP contribution in [0.3, 0.4) is 0 Å². The van der Waals surface area contributed by atoms with E-state index in [0.29, 0.717) is 12.2 Å². The summed E-state index contributed by atoms with van der Waals surface area (Å²) in [6.07, 6.45) is 0.00168. The number of hydrogen-bond donors (Lipinski definition) is 1. The molecule has 5 nitrogen and oxygen atoms in total. The molecule has 0 radical (unpaired) electrons. The van der Waals surface area contributed by atoms with Gasteiger partial charge in [0.2, 0.25) is 0 Å². The summed E-state index contributed by atoms with van der Waals surface area (Å²) < 4.78 is 16.3. The molecule has 1 N–H and O–H groups in total. The highest BCUT2D eigenvalue weighted by atomic mass is 16.5. The molecule has 134 valence electrons. The number of carbonyl (C=O) groups excluding carboxylic acids is 1. The lowest BCUT2D eigenvalue weighted by Gasteiger charge is -2.22. The largest absolute Gasteiger partial charge is 0.497 e. The Morgan fingerprint density at radius 2 is 1.64 bits per heavy atom. The fraction of sp³-hybridized carbons (Fsp3) is 0.350. The summed E-state index contributed by atoms with van der Waals surface area (Å²) in [6.45, 7) is 3.84. The van der Waals surface area contributed by atoms with Crippen molar-refractivity contribution in [2.75, 3.05) is 14.2 Å². The quantitative estimate of drug-likeness (QED) is 0.793. The molecule has 0 aliphatic rings. The lowest BCUT2D eigenvalue weighted by molar-refractivity contribution is -0.128. The van der Waals surface area contributed by atoms with Crippen LogP contribution in [-0.2, 0) is 4.79 Å². The summed E-state index contributed by atoms with van der Waals surface area (Å²) in [7, 11) is 3.23. The summed E-state index contributed by atoms with van der Waals surface area (Å²) in [5.41, 5.74) is 0.928. The van der Waals surface area contributed by atoms with Gasteiger partial charge in [-0.15, -0.1) is 0 Å². The van der Waals surface area contributed by atoms with Crippen LogP contribution in [0.1, 0.15) is 31.9 Å². The molecular weight excluding hydrogens is 318 g/mol. The van der Waals surface area contributed by atoms with Crippen LogP contribution in [0.4, 0.5) is 0 Å². The first-order chi connectivity index (χ1) is 12.1. The van der Waals surface area contributed by atoms with Gasteiger partial charge in [-0.3, -0.25) is 4.79 Å². The van der Waals surface area contributed by atoms with E-state index in [0.717, 1.165) is 17.1 Å². The maximum atomic E-state index is 12.6. The molecule has 2 atom stereocenters. The minimum atomic E-state index is -0.564. The smallest absolute Gasteiger partial charge is 0.261 e. The molecule has 0 saturated heterocycles. The van der Waals surface area contributed by atoms with E-state index >= 15 is 0 Å². The monoisotopic (exact) mass is 343 g/mol. The topological polar surface area (TPSA) is 56.8 Å². The fourth-order valence-corrected chi connectivity index (χ4v) is 2.55. The van der Waals surface area contributed by atoms with E-state index in [-0.39, 0.29) is 11.9 Å². The third-order valence-electron chi connectivity index (χ3n) is 3.97. The molecule has 2 rings (SSSR count). The zero-order valence-corrected chi connectivity index (χ0v) is 15.1. The minimum Gasteiger partial charge on any atom is -0.497 e. The average Bonchev–Trinajstić information content (AvgIpc) is 2.66. The Morgan fingerprint density at radius 1 is 1.00 bits per heavy atom. The molecule has 5 heteroatoms. The van der Waals surface area contributed by atoms with Crippen molar-refractivity contribution in [1.82, 2.24) is 5.32 Å². The van der Waals surface area contributed by atoms with E-state index in [1.807, 2.05) is 38.1 Å². The first-order valence-electron chi connectivity index (χ1n) is 8.33. The van der Waals surface area contributed by atoms with E-state index in [1.54, 1.807) is 38.5 Å². The molecule has 0 aliphatic heterocycles. The molecule has 0 fully saturated rings. The number of methoxy groups -OCH3 is 2. The van der Waals surface area contributed by atoms with Crippen LogP contribution in [0, 0.1) is 0 Å². The standard InChI is InChI=1S/C20H25NO4/c1-5-18(25-16-12-10-15(23-3)11-13-16)20(22)21-14(2)17-8-6-7-9-19(17)24-4/h6-14,18H,5H2,1-4H3,(H,21,22)/t14-,18+/m1/s1. The summed E-state index contributed by atoms with van der Waals surface area (Å²) in [5, 5.41) is 3.00. The van der Waals surface area contributed by atoms with Gasteiger partial charge in [-0.25, -0.2) is 0 Å². The highest BCUT2D eigenvalue weighted by Gasteiger charge is 2.22. The normalized spacial score (nSPS) is 12.8. The molecule has 0 heterocycles. The molecule has 0 spiro atoms. The third-order valence-corrected chi connectivity index (χ3v) is 3.97. The maximum absolute atomic E-state index is 12.6. The predicted octanol–water partition coefficient (Wildman–Crippen LogP) is 3.74. The van der Waals surface area contributed by atoms with Crippen LogP contribution in [0.25, 0.3) is 0 Å². The fourth-order valence-electron chi connectivity index (χ4n) is 2.55. The first kappa shape index (κ1) is 18.6. The number of benzene rings is 2. The molecule has 0 aromatic heterocycles. The molecule has 0 unspecified atom stereocenters. The zero-order chi connectivity index (χ0) is 18.2. The van der Waals surface area contributed by atoms with Crippen molar-refractivity contribution >= 4 is 5.91 Å². The van der Waals surface area contributed by atoms with Crippen LogP contribution >= 0.6 is 0 Å². The Bertz CT molecular complexity index is 684. The minimum absolute atomic E-state index is 0.156. The van der Waals surface area contributed by atoms with Crippen LogP contribution < -0.4 is 19.5 Å². The molecule has 0 bridgehead atoms. The number of ether oxygens (including phenoxy) is 3. The molecule has 25 heavy (non-hydrogen) atoms. The lowest BCUT2D eigenvalue weighted by atomic mass is 10.1.